The van der Waals surface area contributed by atoms with Gasteiger partial charge in [-0.3, -0.25) is 9.59 Å². The number of aryl methyl sites for hydroxylation is 3. The van der Waals surface area contributed by atoms with Crippen molar-refractivity contribution in [2.75, 3.05) is 5.32 Å². The highest BCUT2D eigenvalue weighted by atomic mass is 35.5. The number of nitrogens with one attached hydrogen (secondary N) is 2. The van der Waals surface area contributed by atoms with E-state index in [-0.39, 0.29) is 26.2 Å². The van der Waals surface area contributed by atoms with Crippen LogP contribution in [0.25, 0.3) is 0 Å². The number of phenolic OH excluding ortho intramolecular Hbond substituents is 1. The molecule has 31 heavy (non-hydrogen) atoms. The number of sulfonamides is 1. The first-order valence-electron chi connectivity index (χ1n) is 8.81. The van der Waals surface area contributed by atoms with Crippen LogP contribution in [0.2, 0.25) is 5.02 Å². The van der Waals surface area contributed by atoms with E-state index in [0.717, 1.165) is 11.3 Å². The van der Waals surface area contributed by atoms with E-state index >= 15 is 0 Å². The van der Waals surface area contributed by atoms with E-state index in [0.29, 0.717) is 22.4 Å². The summed E-state index contributed by atoms with van der Waals surface area (Å²) in [6.45, 7) is 6.62. The maximum atomic E-state index is 12.8. The van der Waals surface area contributed by atoms with E-state index in [2.05, 4.69) is 10.5 Å². The van der Waals surface area contributed by atoms with Crippen molar-refractivity contribution in [1.29, 1.82) is 0 Å². The van der Waals surface area contributed by atoms with Gasteiger partial charge in [0.05, 0.1) is 11.4 Å². The number of benzene rings is 1. The zero-order valence-electron chi connectivity index (χ0n) is 16.9. The number of halogens is 1. The Bertz CT molecular complexity index is 1310. The van der Waals surface area contributed by atoms with E-state index in [1.807, 2.05) is 4.72 Å². The third-order valence-electron chi connectivity index (χ3n) is 4.52. The standard InChI is InChI=1S/C19H18ClN3O6S2/c1-8-7-9(2)15(24)10(3)14(8)21-19(26)17-12(5-6-30-17)31(27,28)23-18(25)16-13(20)11(4)22-29-16/h5-7,24H,1-4H3,(H,21,26)(H,23,25). The summed E-state index contributed by atoms with van der Waals surface area (Å²) >= 11 is 6.77. The van der Waals surface area contributed by atoms with E-state index in [1.165, 1.54) is 18.4 Å². The predicted molar refractivity (Wildman–Crippen MR) is 115 cm³/mol. The molecule has 0 aliphatic rings. The van der Waals surface area contributed by atoms with Crippen LogP contribution in [0.5, 0.6) is 5.75 Å². The normalized spacial score (nSPS) is 11.4. The van der Waals surface area contributed by atoms with Gasteiger partial charge in [-0.1, -0.05) is 22.8 Å². The van der Waals surface area contributed by atoms with Crippen LogP contribution in [-0.4, -0.2) is 30.5 Å². The molecule has 2 aromatic heterocycles. The molecule has 0 aliphatic carbocycles. The van der Waals surface area contributed by atoms with Crippen molar-refractivity contribution in [1.82, 2.24) is 9.88 Å². The Balaban J connectivity index is 1.90. The topological polar surface area (TPSA) is 139 Å². The fourth-order valence-corrected chi connectivity index (χ4v) is 5.36. The molecule has 0 fully saturated rings. The number of amides is 2. The summed E-state index contributed by atoms with van der Waals surface area (Å²) in [7, 11) is -4.42. The van der Waals surface area contributed by atoms with Crippen LogP contribution in [0.15, 0.2) is 26.9 Å². The second-order valence-electron chi connectivity index (χ2n) is 6.77. The molecule has 2 amide bonds. The molecule has 12 heteroatoms. The van der Waals surface area contributed by atoms with Gasteiger partial charge in [0.15, 0.2) is 0 Å². The van der Waals surface area contributed by atoms with Gasteiger partial charge < -0.3 is 14.9 Å². The van der Waals surface area contributed by atoms with Crippen LogP contribution in [-0.2, 0) is 10.0 Å². The summed E-state index contributed by atoms with van der Waals surface area (Å²) in [5.41, 5.74) is 2.40. The summed E-state index contributed by atoms with van der Waals surface area (Å²) in [5.74, 6) is -2.24. The lowest BCUT2D eigenvalue weighted by Crippen LogP contribution is -2.31. The van der Waals surface area contributed by atoms with Crippen LogP contribution in [0.3, 0.4) is 0 Å². The Morgan fingerprint density at radius 3 is 2.45 bits per heavy atom. The Morgan fingerprint density at radius 2 is 1.84 bits per heavy atom. The van der Waals surface area contributed by atoms with E-state index in [9.17, 15) is 23.1 Å². The van der Waals surface area contributed by atoms with Gasteiger partial charge >= 0.3 is 5.91 Å². The number of phenols is 1. The largest absolute Gasteiger partial charge is 0.507 e. The lowest BCUT2D eigenvalue weighted by atomic mass is 10.0. The number of carbonyl (C=O) groups excluding carboxylic acids is 2. The van der Waals surface area contributed by atoms with E-state index < -0.39 is 27.6 Å². The van der Waals surface area contributed by atoms with Gasteiger partial charge in [0.2, 0.25) is 5.76 Å². The molecule has 1 aromatic carbocycles. The average molecular weight is 484 g/mol. The summed E-state index contributed by atoms with van der Waals surface area (Å²) in [6.07, 6.45) is 0. The van der Waals surface area contributed by atoms with Crippen molar-refractivity contribution < 1.29 is 27.6 Å². The maximum absolute atomic E-state index is 12.8. The quantitative estimate of drug-likeness (QED) is 0.502. The zero-order chi connectivity index (χ0) is 23.1. The Labute approximate surface area is 187 Å². The van der Waals surface area contributed by atoms with Crippen molar-refractivity contribution in [3.63, 3.8) is 0 Å². The number of aromatic hydroxyl groups is 1. The van der Waals surface area contributed by atoms with Crippen molar-refractivity contribution in [2.24, 2.45) is 0 Å². The minimum Gasteiger partial charge on any atom is -0.507 e. The van der Waals surface area contributed by atoms with Crippen LogP contribution < -0.4 is 10.0 Å². The lowest BCUT2D eigenvalue weighted by molar-refractivity contribution is 0.0944. The molecule has 0 unspecified atom stereocenters. The van der Waals surface area contributed by atoms with Crippen LogP contribution in [0.4, 0.5) is 5.69 Å². The molecule has 0 spiro atoms. The number of nitrogens with zero attached hydrogens (tertiary/aromatic N) is 1. The molecule has 0 saturated heterocycles. The van der Waals surface area contributed by atoms with Crippen LogP contribution >= 0.6 is 22.9 Å². The molecule has 0 aliphatic heterocycles. The molecule has 0 saturated carbocycles. The first kappa shape index (κ1) is 22.8. The third kappa shape index (κ3) is 4.29. The molecular weight excluding hydrogens is 466 g/mol. The number of hydrogen-bond donors (Lipinski definition) is 3. The number of thiophene rings is 1. The highest BCUT2D eigenvalue weighted by Crippen LogP contribution is 2.33. The van der Waals surface area contributed by atoms with Crippen molar-refractivity contribution >= 4 is 50.5 Å². The molecule has 9 nitrogen and oxygen atoms in total. The molecule has 0 bridgehead atoms. The predicted octanol–water partition coefficient (Wildman–Crippen LogP) is 3.70. The van der Waals surface area contributed by atoms with Crippen molar-refractivity contribution in [3.8, 4) is 5.75 Å². The molecule has 3 N–H and O–H groups in total. The summed E-state index contributed by atoms with van der Waals surface area (Å²) < 4.78 is 32.1. The SMILES string of the molecule is Cc1cc(C)c(NC(=O)c2sccc2S(=O)(=O)NC(=O)c2onc(C)c2Cl)c(C)c1O. The molecule has 0 atom stereocenters. The number of rotatable bonds is 5. The number of aromatic nitrogens is 1. The molecule has 0 radical (unpaired) electrons. The number of hydrogen-bond acceptors (Lipinski definition) is 8. The lowest BCUT2D eigenvalue weighted by Gasteiger charge is -2.15. The molecule has 2 heterocycles. The Kier molecular flexibility index (Phi) is 6.12. The number of anilines is 1. The summed E-state index contributed by atoms with van der Waals surface area (Å²) in [5, 5.41) is 17.6. The second-order valence-corrected chi connectivity index (χ2v) is 9.72. The van der Waals surface area contributed by atoms with Crippen LogP contribution in [0, 0.1) is 27.7 Å². The van der Waals surface area contributed by atoms with Crippen molar-refractivity contribution in [2.45, 2.75) is 32.6 Å². The minimum atomic E-state index is -4.42. The zero-order valence-corrected chi connectivity index (χ0v) is 19.3. The first-order valence-corrected chi connectivity index (χ1v) is 11.6. The fraction of sp³-hybridized carbons (Fsp3) is 0.211. The van der Waals surface area contributed by atoms with Gasteiger partial charge in [0.25, 0.3) is 15.9 Å². The Morgan fingerprint density at radius 1 is 1.16 bits per heavy atom. The highest BCUT2D eigenvalue weighted by molar-refractivity contribution is 7.90. The van der Waals surface area contributed by atoms with Gasteiger partial charge in [0, 0.05) is 5.56 Å². The molecule has 3 rings (SSSR count). The molecule has 164 valence electrons. The monoisotopic (exact) mass is 483 g/mol. The summed E-state index contributed by atoms with van der Waals surface area (Å²) in [4.78, 5) is 24.6. The maximum Gasteiger partial charge on any atom is 0.305 e. The van der Waals surface area contributed by atoms with Gasteiger partial charge in [-0.05, 0) is 50.3 Å². The van der Waals surface area contributed by atoms with Gasteiger partial charge in [0.1, 0.15) is 20.5 Å². The van der Waals surface area contributed by atoms with E-state index in [4.69, 9.17) is 16.1 Å². The average Bonchev–Trinajstić information content (AvgIpc) is 3.31. The molecular formula is C19H18ClN3O6S2. The van der Waals surface area contributed by atoms with Gasteiger partial charge in [-0.2, -0.15) is 0 Å². The van der Waals surface area contributed by atoms with E-state index in [1.54, 1.807) is 26.8 Å². The fourth-order valence-electron chi connectivity index (χ4n) is 2.94. The third-order valence-corrected chi connectivity index (χ3v) is 7.38. The Hall–Kier alpha value is -2.89. The van der Waals surface area contributed by atoms with Gasteiger partial charge in [-0.15, -0.1) is 11.3 Å². The highest BCUT2D eigenvalue weighted by Gasteiger charge is 2.29. The molecule has 3 aromatic rings. The first-order chi connectivity index (χ1) is 14.4. The van der Waals surface area contributed by atoms with Gasteiger partial charge in [-0.25, -0.2) is 13.1 Å². The van der Waals surface area contributed by atoms with Crippen LogP contribution in [0.1, 0.15) is 42.6 Å². The van der Waals surface area contributed by atoms with Crippen molar-refractivity contribution in [3.05, 3.63) is 55.6 Å². The second kappa shape index (κ2) is 8.33. The number of carbonyl (C=O) groups is 2. The minimum absolute atomic E-state index is 0.0337. The summed E-state index contributed by atoms with van der Waals surface area (Å²) in [6, 6.07) is 2.90. The smallest absolute Gasteiger partial charge is 0.305 e.